The minimum Gasteiger partial charge on any atom is -0.356 e. The number of carbonyl (C=O) groups is 1. The van der Waals surface area contributed by atoms with Crippen molar-refractivity contribution in [2.75, 3.05) is 0 Å². The van der Waals surface area contributed by atoms with Crippen LogP contribution in [0.1, 0.15) is 48.1 Å². The Hall–Kier alpha value is -1.05. The summed E-state index contributed by atoms with van der Waals surface area (Å²) in [4.78, 5) is 13.8. The molecule has 0 saturated carbocycles. The highest BCUT2D eigenvalue weighted by atomic mass is 16.1. The molecule has 0 unspecified atom stereocenters. The van der Waals surface area contributed by atoms with Gasteiger partial charge in [-0.3, -0.25) is 4.79 Å². The Morgan fingerprint density at radius 2 is 1.77 bits per heavy atom. The quantitative estimate of drug-likeness (QED) is 0.661. The highest BCUT2D eigenvalue weighted by molar-refractivity contribution is 5.76. The van der Waals surface area contributed by atoms with Gasteiger partial charge in [0.1, 0.15) is 0 Å². The summed E-state index contributed by atoms with van der Waals surface area (Å²) in [5, 5.41) is 0. The van der Waals surface area contributed by atoms with Gasteiger partial charge in [0.15, 0.2) is 6.29 Å². The van der Waals surface area contributed by atoms with Crippen molar-refractivity contribution >= 4 is 6.29 Å². The molecule has 0 fully saturated rings. The average molecular weight is 179 g/mol. The van der Waals surface area contributed by atoms with Gasteiger partial charge in [-0.05, 0) is 30.4 Å². The monoisotopic (exact) mass is 179 g/mol. The van der Waals surface area contributed by atoms with E-state index in [1.807, 2.05) is 13.8 Å². The first-order valence-electron chi connectivity index (χ1n) is 4.52. The van der Waals surface area contributed by atoms with Gasteiger partial charge >= 0.3 is 0 Å². The summed E-state index contributed by atoms with van der Waals surface area (Å²) in [7, 11) is 0. The highest BCUT2D eigenvalue weighted by Gasteiger charge is 2.22. The molecule has 13 heavy (non-hydrogen) atoms. The van der Waals surface area contributed by atoms with Gasteiger partial charge < -0.3 is 4.98 Å². The molecule has 1 rings (SSSR count). The third-order valence-electron chi connectivity index (χ3n) is 2.34. The van der Waals surface area contributed by atoms with Crippen molar-refractivity contribution in [1.29, 1.82) is 0 Å². The fourth-order valence-electron chi connectivity index (χ4n) is 2.02. The van der Waals surface area contributed by atoms with E-state index in [4.69, 9.17) is 0 Å². The van der Waals surface area contributed by atoms with E-state index in [0.717, 1.165) is 17.5 Å². The molecule has 0 bridgehead atoms. The molecule has 0 aliphatic carbocycles. The van der Waals surface area contributed by atoms with Gasteiger partial charge in [0.05, 0.1) is 5.69 Å². The van der Waals surface area contributed by atoms with Crippen LogP contribution in [0, 0.1) is 13.8 Å². The lowest BCUT2D eigenvalue weighted by atomic mass is 9.84. The Bertz CT molecular complexity index is 329. The molecule has 0 aromatic carbocycles. The van der Waals surface area contributed by atoms with Gasteiger partial charge in [-0.25, -0.2) is 0 Å². The smallest absolute Gasteiger partial charge is 0.166 e. The van der Waals surface area contributed by atoms with Crippen molar-refractivity contribution < 1.29 is 4.79 Å². The number of aryl methyl sites for hydroxylation is 1. The third kappa shape index (κ3) is 1.67. The predicted molar refractivity (Wildman–Crippen MR) is 54.4 cm³/mol. The molecule has 0 radical (unpaired) electrons. The Kier molecular flexibility index (Phi) is 2.33. The maximum atomic E-state index is 10.7. The minimum atomic E-state index is 0.103. The number of carbonyl (C=O) groups excluding carboxylic acids is 1. The lowest BCUT2D eigenvalue weighted by Crippen LogP contribution is -2.13. The van der Waals surface area contributed by atoms with Crippen LogP contribution in [0.5, 0.6) is 0 Å². The predicted octanol–water partition coefficient (Wildman–Crippen LogP) is 2.74. The van der Waals surface area contributed by atoms with Gasteiger partial charge in [0, 0.05) is 5.69 Å². The Morgan fingerprint density at radius 3 is 2.00 bits per heavy atom. The standard InChI is InChI=1S/C11H17NO/c1-7-9(6-13)12-8(2)10(7)11(3,4)5/h6,12H,1-5H3. The number of hydrogen-bond donors (Lipinski definition) is 1. The van der Waals surface area contributed by atoms with Crippen LogP contribution in [-0.4, -0.2) is 11.3 Å². The Balaban J connectivity index is 3.37. The van der Waals surface area contributed by atoms with Crippen LogP contribution in [-0.2, 0) is 5.41 Å². The molecular weight excluding hydrogens is 162 g/mol. The van der Waals surface area contributed by atoms with E-state index in [1.54, 1.807) is 0 Å². The van der Waals surface area contributed by atoms with Gasteiger partial charge in [0.25, 0.3) is 0 Å². The van der Waals surface area contributed by atoms with Crippen molar-refractivity contribution in [2.45, 2.75) is 40.0 Å². The Morgan fingerprint density at radius 1 is 1.23 bits per heavy atom. The van der Waals surface area contributed by atoms with Crippen molar-refractivity contribution in [3.63, 3.8) is 0 Å². The second-order valence-corrected chi connectivity index (χ2v) is 4.53. The summed E-state index contributed by atoms with van der Waals surface area (Å²) in [6.07, 6.45) is 0.886. The zero-order chi connectivity index (χ0) is 10.2. The van der Waals surface area contributed by atoms with E-state index in [2.05, 4.69) is 25.8 Å². The van der Waals surface area contributed by atoms with Crippen LogP contribution < -0.4 is 0 Å². The summed E-state index contributed by atoms with van der Waals surface area (Å²) >= 11 is 0. The summed E-state index contributed by atoms with van der Waals surface area (Å²) in [5.41, 5.74) is 4.26. The number of aromatic amines is 1. The van der Waals surface area contributed by atoms with E-state index in [-0.39, 0.29) is 5.41 Å². The number of aldehydes is 1. The number of nitrogens with one attached hydrogen (secondary N) is 1. The second kappa shape index (κ2) is 3.02. The van der Waals surface area contributed by atoms with E-state index < -0.39 is 0 Å². The first-order valence-corrected chi connectivity index (χ1v) is 4.52. The van der Waals surface area contributed by atoms with Crippen LogP contribution in [0.15, 0.2) is 0 Å². The maximum absolute atomic E-state index is 10.7. The van der Waals surface area contributed by atoms with Gasteiger partial charge in [0.2, 0.25) is 0 Å². The minimum absolute atomic E-state index is 0.103. The molecule has 1 N–H and O–H groups in total. The molecule has 1 aromatic heterocycles. The number of aromatic nitrogens is 1. The zero-order valence-corrected chi connectivity index (χ0v) is 8.99. The molecule has 0 aliphatic heterocycles. The molecule has 2 nitrogen and oxygen atoms in total. The van der Waals surface area contributed by atoms with E-state index in [1.165, 1.54) is 5.56 Å². The number of H-pyrrole nitrogens is 1. The first kappa shape index (κ1) is 10.0. The zero-order valence-electron chi connectivity index (χ0n) is 8.99. The highest BCUT2D eigenvalue weighted by Crippen LogP contribution is 2.29. The normalized spacial score (nSPS) is 11.8. The fraction of sp³-hybridized carbons (Fsp3) is 0.545. The van der Waals surface area contributed by atoms with E-state index >= 15 is 0 Å². The van der Waals surface area contributed by atoms with Crippen LogP contribution in [0.4, 0.5) is 0 Å². The lowest BCUT2D eigenvalue weighted by Gasteiger charge is -2.19. The summed E-state index contributed by atoms with van der Waals surface area (Å²) in [6.45, 7) is 10.5. The fourth-order valence-corrected chi connectivity index (χ4v) is 2.02. The molecule has 72 valence electrons. The van der Waals surface area contributed by atoms with Crippen molar-refractivity contribution in [3.05, 3.63) is 22.5 Å². The maximum Gasteiger partial charge on any atom is 0.166 e. The van der Waals surface area contributed by atoms with Crippen LogP contribution in [0.25, 0.3) is 0 Å². The number of rotatable bonds is 1. The van der Waals surface area contributed by atoms with Crippen molar-refractivity contribution in [3.8, 4) is 0 Å². The molecule has 2 heteroatoms. The van der Waals surface area contributed by atoms with E-state index in [9.17, 15) is 4.79 Å². The SMILES string of the molecule is Cc1[nH]c(C=O)c(C)c1C(C)(C)C. The second-order valence-electron chi connectivity index (χ2n) is 4.53. The Labute approximate surface area is 79.4 Å². The van der Waals surface area contributed by atoms with Gasteiger partial charge in [-0.1, -0.05) is 20.8 Å². The lowest BCUT2D eigenvalue weighted by molar-refractivity contribution is 0.111. The van der Waals surface area contributed by atoms with Gasteiger partial charge in [-0.15, -0.1) is 0 Å². The summed E-state index contributed by atoms with van der Waals surface area (Å²) in [5.74, 6) is 0. The number of hydrogen-bond acceptors (Lipinski definition) is 1. The van der Waals surface area contributed by atoms with Crippen LogP contribution in [0.2, 0.25) is 0 Å². The van der Waals surface area contributed by atoms with Crippen LogP contribution in [0.3, 0.4) is 0 Å². The molecule has 0 atom stereocenters. The molecule has 0 aliphatic rings. The van der Waals surface area contributed by atoms with Crippen molar-refractivity contribution in [1.82, 2.24) is 4.98 Å². The van der Waals surface area contributed by atoms with Crippen LogP contribution >= 0.6 is 0 Å². The molecule has 0 amide bonds. The third-order valence-corrected chi connectivity index (χ3v) is 2.34. The molecule has 0 spiro atoms. The summed E-state index contributed by atoms with van der Waals surface area (Å²) < 4.78 is 0. The molecule has 0 saturated heterocycles. The van der Waals surface area contributed by atoms with Crippen molar-refractivity contribution in [2.24, 2.45) is 0 Å². The van der Waals surface area contributed by atoms with Gasteiger partial charge in [-0.2, -0.15) is 0 Å². The van der Waals surface area contributed by atoms with E-state index in [0.29, 0.717) is 5.69 Å². The average Bonchev–Trinajstić information content (AvgIpc) is 2.24. The molecule has 1 aromatic rings. The molecule has 1 heterocycles. The largest absolute Gasteiger partial charge is 0.356 e. The summed E-state index contributed by atoms with van der Waals surface area (Å²) in [6, 6.07) is 0. The molecular formula is C11H17NO. The first-order chi connectivity index (χ1) is 5.88. The topological polar surface area (TPSA) is 32.9 Å².